The Labute approximate surface area is 231 Å². The fourth-order valence-electron chi connectivity index (χ4n) is 4.13. The number of piperidine rings is 1. The molecular weight excluding hydrogens is 525 g/mol. The first-order valence-electron chi connectivity index (χ1n) is 13.2. The van der Waals surface area contributed by atoms with Gasteiger partial charge in [-0.25, -0.2) is 9.97 Å². The van der Waals surface area contributed by atoms with Crippen molar-refractivity contribution in [3.8, 4) is 11.5 Å². The SMILES string of the molecule is COc1cc2ncnc(N3CCC(CCP(OCOC(=O)C(C)C)OCOC(=O)C(C)C)CC3)c2cc1OC. The standard InChI is InChI=1S/C27H40N3O8P/c1-18(2)26(31)35-16-37-39(38-17-36-27(32)19(3)4)12-9-20-7-10-30(11-8-20)25-21-13-23(33-5)24(34-6)14-22(21)28-15-29-25/h13-15,18-20H,7-12,16-17H2,1-6H3. The van der Waals surface area contributed by atoms with Crippen molar-refractivity contribution < 1.29 is 37.6 Å². The molecule has 0 N–H and O–H groups in total. The van der Waals surface area contributed by atoms with E-state index in [1.807, 2.05) is 12.1 Å². The monoisotopic (exact) mass is 565 g/mol. The van der Waals surface area contributed by atoms with Crippen LogP contribution >= 0.6 is 8.38 Å². The Morgan fingerprint density at radius 3 is 2.03 bits per heavy atom. The molecule has 0 unspecified atom stereocenters. The average molecular weight is 566 g/mol. The van der Waals surface area contributed by atoms with Crippen molar-refractivity contribution in [2.24, 2.45) is 17.8 Å². The molecule has 2 aromatic rings. The van der Waals surface area contributed by atoms with E-state index in [1.54, 1.807) is 48.2 Å². The largest absolute Gasteiger partial charge is 0.493 e. The highest BCUT2D eigenvalue weighted by Gasteiger charge is 2.24. The fraction of sp³-hybridized carbons (Fsp3) is 0.630. The van der Waals surface area contributed by atoms with Crippen LogP contribution in [0, 0.1) is 17.8 Å². The van der Waals surface area contributed by atoms with Gasteiger partial charge >= 0.3 is 11.9 Å². The highest BCUT2D eigenvalue weighted by Crippen LogP contribution is 2.41. The first-order chi connectivity index (χ1) is 18.7. The van der Waals surface area contributed by atoms with Crippen molar-refractivity contribution in [3.63, 3.8) is 0 Å². The zero-order valence-electron chi connectivity index (χ0n) is 23.7. The lowest BCUT2D eigenvalue weighted by molar-refractivity contribution is -0.155. The van der Waals surface area contributed by atoms with Gasteiger partial charge in [0.2, 0.25) is 0 Å². The van der Waals surface area contributed by atoms with Crippen molar-refractivity contribution in [2.75, 3.05) is 52.0 Å². The van der Waals surface area contributed by atoms with Crippen LogP contribution in [0.25, 0.3) is 10.9 Å². The summed E-state index contributed by atoms with van der Waals surface area (Å²) in [6.07, 6.45) is 5.06. The number of carbonyl (C=O) groups excluding carboxylic acids is 2. The second-order valence-corrected chi connectivity index (χ2v) is 11.6. The molecule has 1 aromatic carbocycles. The number of methoxy groups -OCH3 is 2. The lowest BCUT2D eigenvalue weighted by Crippen LogP contribution is -2.34. The number of carbonyl (C=O) groups is 2. The molecule has 0 saturated carbocycles. The van der Waals surface area contributed by atoms with Gasteiger partial charge in [0.1, 0.15) is 12.1 Å². The van der Waals surface area contributed by atoms with Gasteiger partial charge in [0.15, 0.2) is 33.5 Å². The Kier molecular flexibility index (Phi) is 12.0. The van der Waals surface area contributed by atoms with E-state index in [2.05, 4.69) is 14.9 Å². The van der Waals surface area contributed by atoms with Gasteiger partial charge in [0.25, 0.3) is 0 Å². The molecule has 39 heavy (non-hydrogen) atoms. The summed E-state index contributed by atoms with van der Waals surface area (Å²) in [5.74, 6) is 1.47. The first-order valence-corrected chi connectivity index (χ1v) is 14.6. The molecule has 216 valence electrons. The molecule has 1 aliphatic heterocycles. The van der Waals surface area contributed by atoms with E-state index >= 15 is 0 Å². The second kappa shape index (κ2) is 15.1. The zero-order valence-corrected chi connectivity index (χ0v) is 24.6. The summed E-state index contributed by atoms with van der Waals surface area (Å²) in [4.78, 5) is 34.8. The van der Waals surface area contributed by atoms with Crippen LogP contribution in [0.5, 0.6) is 11.5 Å². The third-order valence-electron chi connectivity index (χ3n) is 6.49. The number of hydrogen-bond acceptors (Lipinski definition) is 11. The number of esters is 2. The predicted octanol–water partition coefficient (Wildman–Crippen LogP) is 4.91. The van der Waals surface area contributed by atoms with Crippen LogP contribution in [-0.4, -0.2) is 69.0 Å². The van der Waals surface area contributed by atoms with E-state index in [4.69, 9.17) is 28.0 Å². The van der Waals surface area contributed by atoms with E-state index in [1.165, 1.54) is 0 Å². The van der Waals surface area contributed by atoms with E-state index in [0.29, 0.717) is 23.6 Å². The maximum absolute atomic E-state index is 11.8. The van der Waals surface area contributed by atoms with E-state index in [0.717, 1.165) is 49.1 Å². The lowest BCUT2D eigenvalue weighted by Gasteiger charge is -2.33. The molecule has 0 radical (unpaired) electrons. The zero-order chi connectivity index (χ0) is 28.4. The van der Waals surface area contributed by atoms with Crippen LogP contribution < -0.4 is 14.4 Å². The Bertz CT molecular complexity index is 1070. The Morgan fingerprint density at radius 2 is 1.49 bits per heavy atom. The van der Waals surface area contributed by atoms with Crippen LogP contribution in [-0.2, 0) is 28.1 Å². The van der Waals surface area contributed by atoms with Gasteiger partial charge in [-0.15, -0.1) is 0 Å². The smallest absolute Gasteiger partial charge is 0.310 e. The Hall–Kier alpha value is -2.75. The number of aromatic nitrogens is 2. The first kappa shape index (κ1) is 30.8. The van der Waals surface area contributed by atoms with Crippen LogP contribution in [0.4, 0.5) is 5.82 Å². The number of rotatable bonds is 14. The van der Waals surface area contributed by atoms with Gasteiger partial charge in [-0.2, -0.15) is 0 Å². The minimum Gasteiger partial charge on any atom is -0.493 e. The molecule has 0 bridgehead atoms. The van der Waals surface area contributed by atoms with Crippen LogP contribution in [0.3, 0.4) is 0 Å². The molecule has 11 nitrogen and oxygen atoms in total. The molecule has 1 saturated heterocycles. The molecule has 2 heterocycles. The number of benzene rings is 1. The van der Waals surface area contributed by atoms with Crippen molar-refractivity contribution in [1.82, 2.24) is 9.97 Å². The van der Waals surface area contributed by atoms with Crippen molar-refractivity contribution in [1.29, 1.82) is 0 Å². The molecule has 3 rings (SSSR count). The van der Waals surface area contributed by atoms with Gasteiger partial charge in [-0.05, 0) is 31.2 Å². The van der Waals surface area contributed by atoms with Gasteiger partial charge in [-0.1, -0.05) is 27.7 Å². The third kappa shape index (κ3) is 8.88. The maximum Gasteiger partial charge on any atom is 0.310 e. The molecule has 0 amide bonds. The summed E-state index contributed by atoms with van der Waals surface area (Å²) >= 11 is 0. The topological polar surface area (TPSA) is 119 Å². The molecule has 0 atom stereocenters. The molecular formula is C27H40N3O8P. The van der Waals surface area contributed by atoms with Gasteiger partial charge in [0.05, 0.1) is 31.6 Å². The minimum atomic E-state index is -1.39. The highest BCUT2D eigenvalue weighted by molar-refractivity contribution is 7.47. The van der Waals surface area contributed by atoms with E-state index in [9.17, 15) is 9.59 Å². The lowest BCUT2D eigenvalue weighted by atomic mass is 9.94. The average Bonchev–Trinajstić information content (AvgIpc) is 2.94. The second-order valence-electron chi connectivity index (χ2n) is 9.93. The minimum absolute atomic E-state index is 0.186. The van der Waals surface area contributed by atoms with Gasteiger partial charge in [-0.3, -0.25) is 18.6 Å². The summed E-state index contributed by atoms with van der Waals surface area (Å²) in [7, 11) is 1.83. The Morgan fingerprint density at radius 1 is 0.923 bits per heavy atom. The normalized spacial score (nSPS) is 14.3. The number of fused-ring (bicyclic) bond motifs is 1. The van der Waals surface area contributed by atoms with Crippen LogP contribution in [0.15, 0.2) is 18.5 Å². The molecule has 1 aliphatic rings. The molecule has 12 heteroatoms. The molecule has 1 fully saturated rings. The van der Waals surface area contributed by atoms with E-state index < -0.39 is 8.38 Å². The molecule has 0 aliphatic carbocycles. The summed E-state index contributed by atoms with van der Waals surface area (Å²) in [6.45, 7) is 8.37. The Balaban J connectivity index is 1.55. The van der Waals surface area contributed by atoms with Crippen LogP contribution in [0.2, 0.25) is 0 Å². The molecule has 0 spiro atoms. The summed E-state index contributed by atoms with van der Waals surface area (Å²) in [6, 6.07) is 3.79. The van der Waals surface area contributed by atoms with Crippen molar-refractivity contribution in [3.05, 3.63) is 18.5 Å². The van der Waals surface area contributed by atoms with Gasteiger partial charge < -0.3 is 23.8 Å². The van der Waals surface area contributed by atoms with Crippen LogP contribution in [0.1, 0.15) is 47.0 Å². The van der Waals surface area contributed by atoms with Crippen molar-refractivity contribution in [2.45, 2.75) is 47.0 Å². The van der Waals surface area contributed by atoms with Crippen molar-refractivity contribution >= 4 is 37.0 Å². The molecule has 1 aromatic heterocycles. The predicted molar refractivity (Wildman–Crippen MR) is 148 cm³/mol. The maximum atomic E-state index is 11.8. The van der Waals surface area contributed by atoms with Gasteiger partial charge in [0, 0.05) is 30.7 Å². The number of nitrogens with zero attached hydrogens (tertiary/aromatic N) is 3. The number of hydrogen-bond donors (Lipinski definition) is 0. The van der Waals surface area contributed by atoms with E-state index in [-0.39, 0.29) is 37.4 Å². The summed E-state index contributed by atoms with van der Waals surface area (Å²) in [5.41, 5.74) is 0.802. The fourth-order valence-corrected chi connectivity index (χ4v) is 5.38. The quantitative estimate of drug-likeness (QED) is 0.177. The number of anilines is 1. The highest BCUT2D eigenvalue weighted by atomic mass is 31.2. The number of ether oxygens (including phenoxy) is 4. The summed E-state index contributed by atoms with van der Waals surface area (Å²) in [5, 5.41) is 0.922. The summed E-state index contributed by atoms with van der Waals surface area (Å²) < 4.78 is 32.7. The third-order valence-corrected chi connectivity index (χ3v) is 7.90.